The Labute approximate surface area is 388 Å². The molecule has 0 rings (SSSR count). The van der Waals surface area contributed by atoms with E-state index in [9.17, 15) is 15.0 Å². The van der Waals surface area contributed by atoms with Gasteiger partial charge in [0.15, 0.2) is 0 Å². The average Bonchev–Trinajstić information content (AvgIpc) is 3.28. The molecule has 62 heavy (non-hydrogen) atoms. The van der Waals surface area contributed by atoms with Gasteiger partial charge in [0.05, 0.1) is 18.8 Å². The molecule has 0 aromatic carbocycles. The maximum atomic E-state index is 12.5. The molecule has 3 N–H and O–H groups in total. The van der Waals surface area contributed by atoms with Gasteiger partial charge >= 0.3 is 0 Å². The molecule has 4 nitrogen and oxygen atoms in total. The summed E-state index contributed by atoms with van der Waals surface area (Å²) in [5, 5.41) is 23.1. The van der Waals surface area contributed by atoms with E-state index in [4.69, 9.17) is 0 Å². The average molecular weight is 869 g/mol. The Hall–Kier alpha value is -1.65. The van der Waals surface area contributed by atoms with Gasteiger partial charge in [0, 0.05) is 6.42 Å². The third kappa shape index (κ3) is 49.4. The molecular weight excluding hydrogens is 759 g/mol. The molecular formula is C58H109NO3. The Balaban J connectivity index is 3.52. The van der Waals surface area contributed by atoms with Gasteiger partial charge < -0.3 is 15.5 Å². The van der Waals surface area contributed by atoms with E-state index in [1.165, 1.54) is 238 Å². The molecule has 364 valence electrons. The molecule has 0 saturated carbocycles. The molecule has 0 spiro atoms. The predicted molar refractivity (Wildman–Crippen MR) is 276 cm³/mol. The molecule has 0 aliphatic carbocycles. The van der Waals surface area contributed by atoms with Gasteiger partial charge in [0.25, 0.3) is 0 Å². The number of carbonyl (C=O) groups excluding carboxylic acids is 1. The summed E-state index contributed by atoms with van der Waals surface area (Å²) in [5.41, 5.74) is 0. The lowest BCUT2D eigenvalue weighted by Gasteiger charge is -2.19. The first-order chi connectivity index (χ1) is 30.7. The first kappa shape index (κ1) is 60.4. The summed E-state index contributed by atoms with van der Waals surface area (Å²) in [6, 6.07) is -0.640. The van der Waals surface area contributed by atoms with E-state index in [1.54, 1.807) is 6.08 Å². The minimum Gasteiger partial charge on any atom is -0.394 e. The van der Waals surface area contributed by atoms with Crippen molar-refractivity contribution in [3.63, 3.8) is 0 Å². The molecule has 2 atom stereocenters. The summed E-state index contributed by atoms with van der Waals surface area (Å²) in [6.07, 6.45) is 74.1. The number of nitrogens with one attached hydrogen (secondary N) is 1. The number of rotatable bonds is 51. The number of carbonyl (C=O) groups is 1. The highest BCUT2D eigenvalue weighted by molar-refractivity contribution is 5.76. The van der Waals surface area contributed by atoms with Crippen LogP contribution >= 0.6 is 0 Å². The molecule has 1 amide bonds. The van der Waals surface area contributed by atoms with Crippen LogP contribution in [-0.2, 0) is 4.79 Å². The van der Waals surface area contributed by atoms with Crippen LogP contribution in [0, 0.1) is 0 Å². The van der Waals surface area contributed by atoms with E-state index in [0.717, 1.165) is 38.5 Å². The number of amides is 1. The Kier molecular flexibility index (Phi) is 52.3. The number of hydrogen-bond donors (Lipinski definition) is 3. The van der Waals surface area contributed by atoms with Crippen molar-refractivity contribution >= 4 is 5.91 Å². The van der Waals surface area contributed by atoms with Crippen LogP contribution in [0.2, 0.25) is 0 Å². The molecule has 0 aromatic heterocycles. The van der Waals surface area contributed by atoms with Crippen molar-refractivity contribution in [2.24, 2.45) is 0 Å². The lowest BCUT2D eigenvalue weighted by molar-refractivity contribution is -0.123. The number of aliphatic hydroxyl groups is 2. The van der Waals surface area contributed by atoms with Gasteiger partial charge in [-0.05, 0) is 64.2 Å². The molecule has 0 saturated heterocycles. The number of allylic oxidation sites excluding steroid dienone is 7. The van der Waals surface area contributed by atoms with E-state index >= 15 is 0 Å². The van der Waals surface area contributed by atoms with E-state index < -0.39 is 12.1 Å². The molecule has 0 heterocycles. The van der Waals surface area contributed by atoms with Gasteiger partial charge in [0.1, 0.15) is 0 Å². The third-order valence-electron chi connectivity index (χ3n) is 12.8. The molecule has 4 heteroatoms. The molecule has 0 fully saturated rings. The van der Waals surface area contributed by atoms with Crippen LogP contribution < -0.4 is 5.32 Å². The monoisotopic (exact) mass is 868 g/mol. The second kappa shape index (κ2) is 53.7. The van der Waals surface area contributed by atoms with Gasteiger partial charge in [-0.15, -0.1) is 0 Å². The molecule has 0 radical (unpaired) electrons. The van der Waals surface area contributed by atoms with Crippen LogP contribution in [0.4, 0.5) is 0 Å². The SMILES string of the molecule is CCCCCCC/C=C\C/C=C\CCCCCCCCCCCCCCCCCC(=O)NC(CO)C(O)/C=C/CC/C=C/CCCCCCCCCCCCCCCCCCC. The highest BCUT2D eigenvalue weighted by atomic mass is 16.3. The highest BCUT2D eigenvalue weighted by Crippen LogP contribution is 2.17. The zero-order valence-electron chi connectivity index (χ0n) is 41.9. The summed E-state index contributed by atoms with van der Waals surface area (Å²) < 4.78 is 0. The second-order valence-corrected chi connectivity index (χ2v) is 19.0. The van der Waals surface area contributed by atoms with Crippen LogP contribution in [0.3, 0.4) is 0 Å². The molecule has 0 bridgehead atoms. The fraction of sp³-hybridized carbons (Fsp3) is 0.845. The van der Waals surface area contributed by atoms with Gasteiger partial charge in [-0.3, -0.25) is 4.79 Å². The smallest absolute Gasteiger partial charge is 0.220 e. The number of hydrogen-bond acceptors (Lipinski definition) is 3. The Bertz CT molecular complexity index is 985. The van der Waals surface area contributed by atoms with Gasteiger partial charge in [-0.2, -0.15) is 0 Å². The maximum Gasteiger partial charge on any atom is 0.220 e. The van der Waals surface area contributed by atoms with Crippen LogP contribution in [0.25, 0.3) is 0 Å². The molecule has 2 unspecified atom stereocenters. The first-order valence-corrected chi connectivity index (χ1v) is 27.9. The fourth-order valence-corrected chi connectivity index (χ4v) is 8.52. The minimum absolute atomic E-state index is 0.0709. The van der Waals surface area contributed by atoms with Gasteiger partial charge in [-0.1, -0.05) is 274 Å². The highest BCUT2D eigenvalue weighted by Gasteiger charge is 2.18. The molecule has 0 aliphatic heterocycles. The van der Waals surface area contributed by atoms with E-state index in [-0.39, 0.29) is 12.5 Å². The first-order valence-electron chi connectivity index (χ1n) is 27.9. The minimum atomic E-state index is -0.863. The topological polar surface area (TPSA) is 69.6 Å². The summed E-state index contributed by atoms with van der Waals surface area (Å²) in [7, 11) is 0. The van der Waals surface area contributed by atoms with Crippen molar-refractivity contribution in [3.8, 4) is 0 Å². The van der Waals surface area contributed by atoms with Gasteiger partial charge in [0.2, 0.25) is 5.91 Å². The zero-order chi connectivity index (χ0) is 44.9. The normalized spacial score (nSPS) is 13.2. The number of aliphatic hydroxyl groups excluding tert-OH is 2. The Morgan fingerprint density at radius 3 is 1.03 bits per heavy atom. The van der Waals surface area contributed by atoms with Crippen molar-refractivity contribution in [2.45, 2.75) is 309 Å². The zero-order valence-corrected chi connectivity index (χ0v) is 41.9. The van der Waals surface area contributed by atoms with Crippen molar-refractivity contribution in [3.05, 3.63) is 48.6 Å². The largest absolute Gasteiger partial charge is 0.394 e. The van der Waals surface area contributed by atoms with Crippen molar-refractivity contribution in [1.29, 1.82) is 0 Å². The second-order valence-electron chi connectivity index (χ2n) is 19.0. The maximum absolute atomic E-state index is 12.5. The van der Waals surface area contributed by atoms with E-state index in [1.807, 2.05) is 6.08 Å². The molecule has 0 aliphatic rings. The van der Waals surface area contributed by atoms with Gasteiger partial charge in [-0.25, -0.2) is 0 Å². The van der Waals surface area contributed by atoms with Crippen molar-refractivity contribution in [1.82, 2.24) is 5.32 Å². The van der Waals surface area contributed by atoms with Crippen LogP contribution in [-0.4, -0.2) is 34.9 Å². The number of unbranched alkanes of at least 4 members (excludes halogenated alkanes) is 38. The van der Waals surface area contributed by atoms with Crippen LogP contribution in [0.1, 0.15) is 296 Å². The third-order valence-corrected chi connectivity index (χ3v) is 12.8. The predicted octanol–water partition coefficient (Wildman–Crippen LogP) is 18.3. The van der Waals surface area contributed by atoms with Crippen molar-refractivity contribution in [2.75, 3.05) is 6.61 Å². The Morgan fingerprint density at radius 1 is 0.387 bits per heavy atom. The summed E-state index contributed by atoms with van der Waals surface area (Å²) in [4.78, 5) is 12.5. The van der Waals surface area contributed by atoms with Crippen LogP contribution in [0.15, 0.2) is 48.6 Å². The quantitative estimate of drug-likeness (QED) is 0.0421. The van der Waals surface area contributed by atoms with Crippen LogP contribution in [0.5, 0.6) is 0 Å². The summed E-state index contributed by atoms with van der Waals surface area (Å²) in [6.45, 7) is 4.31. The van der Waals surface area contributed by atoms with E-state index in [0.29, 0.717) is 6.42 Å². The standard InChI is InChI=1S/C58H109NO3/c1-3-5-7-9-11-13-15-17-19-21-23-25-27-28-29-30-32-34-36-38-40-42-44-46-48-50-52-54-58(62)59-56(55-60)57(61)53-51-49-47-45-43-41-39-37-35-33-31-26-24-22-20-18-16-14-12-10-8-6-4-2/h15,17,21,23,43,45,51,53,56-57,60-61H,3-14,16,18-20,22,24-42,44,46-50,52,54-55H2,1-2H3,(H,59,62)/b17-15-,23-21-,45-43+,53-51+. The molecule has 0 aromatic rings. The lowest BCUT2D eigenvalue weighted by Crippen LogP contribution is -2.45. The summed E-state index contributed by atoms with van der Waals surface area (Å²) in [5.74, 6) is -0.0709. The van der Waals surface area contributed by atoms with E-state index in [2.05, 4.69) is 55.6 Å². The van der Waals surface area contributed by atoms with Crippen molar-refractivity contribution < 1.29 is 15.0 Å². The lowest BCUT2D eigenvalue weighted by atomic mass is 10.0. The summed E-state index contributed by atoms with van der Waals surface area (Å²) >= 11 is 0. The fourth-order valence-electron chi connectivity index (χ4n) is 8.52. The Morgan fingerprint density at radius 2 is 0.677 bits per heavy atom.